The molecule has 0 saturated carbocycles. The summed E-state index contributed by atoms with van der Waals surface area (Å²) in [5, 5.41) is 20.7. The lowest BCUT2D eigenvalue weighted by atomic mass is 10.0. The summed E-state index contributed by atoms with van der Waals surface area (Å²) in [4.78, 5) is 25.9. The average molecular weight is 498 g/mol. The van der Waals surface area contributed by atoms with Crippen LogP contribution in [0, 0.1) is 27.7 Å². The predicted octanol–water partition coefficient (Wildman–Crippen LogP) is 5.53. The van der Waals surface area contributed by atoms with Crippen LogP contribution >= 0.6 is 0 Å². The number of phenolic OH excluding ortho intramolecular Hbond substituents is 1. The molecule has 4 rings (SSSR count). The van der Waals surface area contributed by atoms with Crippen molar-refractivity contribution in [2.45, 2.75) is 47.1 Å². The van der Waals surface area contributed by atoms with Crippen molar-refractivity contribution in [1.29, 1.82) is 0 Å². The molecule has 0 fully saturated rings. The van der Waals surface area contributed by atoms with Gasteiger partial charge in [0, 0.05) is 23.6 Å². The van der Waals surface area contributed by atoms with Crippen LogP contribution in [0.3, 0.4) is 0 Å². The van der Waals surface area contributed by atoms with E-state index in [9.17, 15) is 15.0 Å². The SMILES string of the molecule is CCC(=O)C(O)COc1ccc(-c2nc(-c3ccc(C)cc3C)nc(-c3ccc(C)cc3C)n2)c(O)c1. The maximum absolute atomic E-state index is 11.6. The fraction of sp³-hybridized carbons (Fsp3) is 0.267. The third kappa shape index (κ3) is 5.84. The molecule has 0 aliphatic rings. The highest BCUT2D eigenvalue weighted by atomic mass is 16.5. The van der Waals surface area contributed by atoms with E-state index in [-0.39, 0.29) is 24.6 Å². The summed E-state index contributed by atoms with van der Waals surface area (Å²) in [5.74, 6) is 1.28. The number of carbonyl (C=O) groups is 1. The molecular formula is C30H31N3O4. The number of hydrogen-bond donors (Lipinski definition) is 2. The van der Waals surface area contributed by atoms with Crippen LogP contribution in [0.4, 0.5) is 0 Å². The number of phenols is 1. The molecule has 7 nitrogen and oxygen atoms in total. The van der Waals surface area contributed by atoms with Gasteiger partial charge in [-0.2, -0.15) is 0 Å². The highest BCUT2D eigenvalue weighted by molar-refractivity contribution is 5.82. The number of nitrogens with zero attached hydrogens (tertiary/aromatic N) is 3. The number of Topliss-reactive ketones (excluding diaryl/α,β-unsaturated/α-hetero) is 1. The van der Waals surface area contributed by atoms with Crippen molar-refractivity contribution >= 4 is 5.78 Å². The maximum atomic E-state index is 11.6. The molecule has 1 aromatic heterocycles. The predicted molar refractivity (Wildman–Crippen MR) is 144 cm³/mol. The monoisotopic (exact) mass is 497 g/mol. The summed E-state index contributed by atoms with van der Waals surface area (Å²) in [6.45, 7) is 9.60. The molecular weight excluding hydrogens is 466 g/mol. The molecule has 0 radical (unpaired) electrons. The normalized spacial score (nSPS) is 11.8. The first-order valence-corrected chi connectivity index (χ1v) is 12.2. The molecule has 1 unspecified atom stereocenters. The van der Waals surface area contributed by atoms with Gasteiger partial charge in [0.15, 0.2) is 23.3 Å². The number of ketones is 1. The third-order valence-corrected chi connectivity index (χ3v) is 6.22. The summed E-state index contributed by atoms with van der Waals surface area (Å²) < 4.78 is 5.52. The molecule has 37 heavy (non-hydrogen) atoms. The van der Waals surface area contributed by atoms with Gasteiger partial charge < -0.3 is 14.9 Å². The van der Waals surface area contributed by atoms with Crippen molar-refractivity contribution in [2.24, 2.45) is 0 Å². The van der Waals surface area contributed by atoms with E-state index in [2.05, 4.69) is 12.1 Å². The van der Waals surface area contributed by atoms with E-state index in [0.29, 0.717) is 28.8 Å². The van der Waals surface area contributed by atoms with Gasteiger partial charge in [0.2, 0.25) is 0 Å². The number of benzene rings is 3. The number of aromatic nitrogens is 3. The summed E-state index contributed by atoms with van der Waals surface area (Å²) >= 11 is 0. The van der Waals surface area contributed by atoms with Crippen molar-refractivity contribution in [3.05, 3.63) is 76.9 Å². The van der Waals surface area contributed by atoms with Crippen LogP contribution < -0.4 is 4.74 Å². The van der Waals surface area contributed by atoms with E-state index in [0.717, 1.165) is 33.4 Å². The van der Waals surface area contributed by atoms with Gasteiger partial charge in [0.1, 0.15) is 24.2 Å². The Morgan fingerprint density at radius 3 is 1.73 bits per heavy atom. The minimum absolute atomic E-state index is 0.0850. The Balaban J connectivity index is 1.78. The molecule has 2 N–H and O–H groups in total. The molecule has 3 aromatic carbocycles. The number of aliphatic hydroxyl groups is 1. The van der Waals surface area contributed by atoms with Crippen LogP contribution in [0.2, 0.25) is 0 Å². The number of aliphatic hydroxyl groups excluding tert-OH is 1. The van der Waals surface area contributed by atoms with Crippen molar-refractivity contribution < 1.29 is 19.7 Å². The van der Waals surface area contributed by atoms with Gasteiger partial charge in [-0.25, -0.2) is 15.0 Å². The van der Waals surface area contributed by atoms with E-state index >= 15 is 0 Å². The van der Waals surface area contributed by atoms with Gasteiger partial charge in [-0.1, -0.05) is 54.4 Å². The van der Waals surface area contributed by atoms with Gasteiger partial charge in [0.05, 0.1) is 5.56 Å². The number of carbonyl (C=O) groups excluding carboxylic acids is 1. The molecule has 4 aromatic rings. The number of hydrogen-bond acceptors (Lipinski definition) is 7. The number of aromatic hydroxyl groups is 1. The van der Waals surface area contributed by atoms with E-state index in [4.69, 9.17) is 19.7 Å². The fourth-order valence-corrected chi connectivity index (χ4v) is 4.16. The first kappa shape index (κ1) is 26.0. The number of ether oxygens (including phenoxy) is 1. The summed E-state index contributed by atoms with van der Waals surface area (Å²) in [6, 6.07) is 16.9. The first-order chi connectivity index (χ1) is 17.7. The number of aryl methyl sites for hydroxylation is 4. The van der Waals surface area contributed by atoms with Crippen LogP contribution in [0.15, 0.2) is 54.6 Å². The molecule has 190 valence electrons. The molecule has 0 amide bonds. The zero-order valence-corrected chi connectivity index (χ0v) is 21.7. The molecule has 0 aliphatic carbocycles. The number of rotatable bonds is 8. The zero-order valence-electron chi connectivity index (χ0n) is 21.7. The Morgan fingerprint density at radius 2 is 1.27 bits per heavy atom. The average Bonchev–Trinajstić information content (AvgIpc) is 2.86. The largest absolute Gasteiger partial charge is 0.507 e. The van der Waals surface area contributed by atoms with Crippen LogP contribution in [0.25, 0.3) is 34.2 Å². The zero-order chi connectivity index (χ0) is 26.7. The molecule has 7 heteroatoms. The lowest BCUT2D eigenvalue weighted by Crippen LogP contribution is -2.26. The Hall–Kier alpha value is -4.10. The van der Waals surface area contributed by atoms with Crippen molar-refractivity contribution in [1.82, 2.24) is 15.0 Å². The lowest BCUT2D eigenvalue weighted by molar-refractivity contribution is -0.128. The molecule has 0 aliphatic heterocycles. The second-order valence-corrected chi connectivity index (χ2v) is 9.27. The van der Waals surface area contributed by atoms with Crippen LogP contribution in [0.1, 0.15) is 35.6 Å². The third-order valence-electron chi connectivity index (χ3n) is 6.22. The minimum Gasteiger partial charge on any atom is -0.507 e. The smallest absolute Gasteiger partial charge is 0.167 e. The lowest BCUT2D eigenvalue weighted by Gasteiger charge is -2.14. The van der Waals surface area contributed by atoms with Crippen molar-refractivity contribution in [3.8, 4) is 45.7 Å². The topological polar surface area (TPSA) is 105 Å². The van der Waals surface area contributed by atoms with Gasteiger partial charge in [-0.15, -0.1) is 0 Å². The maximum Gasteiger partial charge on any atom is 0.167 e. The highest BCUT2D eigenvalue weighted by Crippen LogP contribution is 2.34. The van der Waals surface area contributed by atoms with Crippen LogP contribution in [-0.4, -0.2) is 43.7 Å². The highest BCUT2D eigenvalue weighted by Gasteiger charge is 2.18. The molecule has 0 spiro atoms. The fourth-order valence-electron chi connectivity index (χ4n) is 4.16. The summed E-state index contributed by atoms with van der Waals surface area (Å²) in [7, 11) is 0. The summed E-state index contributed by atoms with van der Waals surface area (Å²) in [6.07, 6.45) is -0.990. The van der Waals surface area contributed by atoms with Crippen LogP contribution in [-0.2, 0) is 4.79 Å². The van der Waals surface area contributed by atoms with E-state index in [1.807, 2.05) is 52.0 Å². The Kier molecular flexibility index (Phi) is 7.64. The quantitative estimate of drug-likeness (QED) is 0.330. The van der Waals surface area contributed by atoms with Crippen molar-refractivity contribution in [2.75, 3.05) is 6.61 Å². The van der Waals surface area contributed by atoms with Crippen molar-refractivity contribution in [3.63, 3.8) is 0 Å². The second-order valence-electron chi connectivity index (χ2n) is 9.27. The van der Waals surface area contributed by atoms with Gasteiger partial charge in [-0.05, 0) is 51.0 Å². The second kappa shape index (κ2) is 10.9. The van der Waals surface area contributed by atoms with Gasteiger partial charge in [-0.3, -0.25) is 4.79 Å². The Morgan fingerprint density at radius 1 is 0.784 bits per heavy atom. The van der Waals surface area contributed by atoms with Gasteiger partial charge >= 0.3 is 0 Å². The van der Waals surface area contributed by atoms with E-state index in [1.165, 1.54) is 6.07 Å². The first-order valence-electron chi connectivity index (χ1n) is 12.2. The standard InChI is InChI=1S/C30H31N3O4/c1-6-25(34)27(36)16-37-21-9-12-24(26(35)15-21)30-32-28(22-10-7-17(2)13-19(22)4)31-29(33-30)23-11-8-18(3)14-20(23)5/h7-15,27,35-36H,6,16H2,1-5H3. The van der Waals surface area contributed by atoms with Gasteiger partial charge in [0.25, 0.3) is 0 Å². The molecule has 1 heterocycles. The molecule has 0 saturated heterocycles. The minimum atomic E-state index is -1.21. The Bertz CT molecular complexity index is 1400. The van der Waals surface area contributed by atoms with E-state index in [1.54, 1.807) is 19.1 Å². The summed E-state index contributed by atoms with van der Waals surface area (Å²) in [5.41, 5.74) is 6.54. The van der Waals surface area contributed by atoms with E-state index < -0.39 is 6.10 Å². The van der Waals surface area contributed by atoms with Crippen LogP contribution in [0.5, 0.6) is 11.5 Å². The molecule has 1 atom stereocenters. The Labute approximate surface area is 216 Å². The molecule has 0 bridgehead atoms.